The molecule has 0 spiro atoms. The highest BCUT2D eigenvalue weighted by Gasteiger charge is 2.47. The zero-order valence-corrected chi connectivity index (χ0v) is 8.89. The Balaban J connectivity index is 1.80. The molecule has 0 saturated heterocycles. The van der Waals surface area contributed by atoms with Crippen molar-refractivity contribution in [1.82, 2.24) is 15.0 Å². The molecule has 2 saturated carbocycles. The van der Waals surface area contributed by atoms with E-state index in [0.717, 1.165) is 12.5 Å². The van der Waals surface area contributed by atoms with Crippen LogP contribution in [0.5, 0.6) is 0 Å². The molecule has 0 amide bonds. The van der Waals surface area contributed by atoms with Gasteiger partial charge in [-0.15, -0.1) is 5.10 Å². The molecule has 2 aliphatic rings. The quantitative estimate of drug-likeness (QED) is 0.749. The minimum absolute atomic E-state index is 0.137. The molecule has 0 radical (unpaired) electrons. The summed E-state index contributed by atoms with van der Waals surface area (Å²) in [4.78, 5) is 11.0. The van der Waals surface area contributed by atoms with Crippen molar-refractivity contribution in [2.45, 2.75) is 37.6 Å². The van der Waals surface area contributed by atoms with Gasteiger partial charge < -0.3 is 0 Å². The molecule has 2 fully saturated rings. The van der Waals surface area contributed by atoms with Crippen molar-refractivity contribution < 1.29 is 4.79 Å². The van der Waals surface area contributed by atoms with Crippen molar-refractivity contribution in [3.05, 3.63) is 11.9 Å². The van der Waals surface area contributed by atoms with Gasteiger partial charge in [-0.3, -0.25) is 9.48 Å². The smallest absolute Gasteiger partial charge is 0.136 e. The lowest BCUT2D eigenvalue weighted by Crippen LogP contribution is -2.40. The highest BCUT2D eigenvalue weighted by atomic mass is 16.1. The first-order valence-corrected chi connectivity index (χ1v) is 5.55. The molecular weight excluding hydrogens is 204 g/mol. The number of rotatable bonds is 3. The van der Waals surface area contributed by atoms with E-state index in [0.29, 0.717) is 18.5 Å². The third-order valence-electron chi connectivity index (χ3n) is 3.38. The zero-order chi connectivity index (χ0) is 11.2. The molecule has 1 heterocycles. The SMILES string of the molecule is N#CC1(c2cn(CC3CC3)nn2)CC(=O)C1. The number of hydrogen-bond donors (Lipinski definition) is 0. The van der Waals surface area contributed by atoms with E-state index in [4.69, 9.17) is 5.26 Å². The largest absolute Gasteiger partial charge is 0.300 e. The maximum Gasteiger partial charge on any atom is 0.136 e. The van der Waals surface area contributed by atoms with Crippen LogP contribution in [-0.2, 0) is 16.8 Å². The molecule has 1 aromatic rings. The molecule has 0 N–H and O–H groups in total. The Bertz CT molecular complexity index is 472. The van der Waals surface area contributed by atoms with E-state index < -0.39 is 5.41 Å². The summed E-state index contributed by atoms with van der Waals surface area (Å²) in [6, 6.07) is 2.21. The number of ketones is 1. The maximum absolute atomic E-state index is 11.0. The molecule has 5 heteroatoms. The summed E-state index contributed by atoms with van der Waals surface area (Å²) >= 11 is 0. The van der Waals surface area contributed by atoms with E-state index in [1.165, 1.54) is 12.8 Å². The Hall–Kier alpha value is -1.70. The van der Waals surface area contributed by atoms with Crippen molar-refractivity contribution in [3.8, 4) is 6.07 Å². The van der Waals surface area contributed by atoms with Crippen LogP contribution in [0.25, 0.3) is 0 Å². The van der Waals surface area contributed by atoms with Gasteiger partial charge in [0.05, 0.1) is 12.3 Å². The van der Waals surface area contributed by atoms with E-state index in [2.05, 4.69) is 16.4 Å². The minimum atomic E-state index is -0.682. The normalized spacial score (nSPS) is 22.6. The summed E-state index contributed by atoms with van der Waals surface area (Å²) in [5.41, 5.74) is -0.0194. The number of nitrogens with zero attached hydrogens (tertiary/aromatic N) is 4. The average Bonchev–Trinajstić information content (AvgIpc) is 2.90. The molecule has 0 aliphatic heterocycles. The molecule has 0 bridgehead atoms. The van der Waals surface area contributed by atoms with Crippen LogP contribution < -0.4 is 0 Å². The van der Waals surface area contributed by atoms with Crippen LogP contribution in [0, 0.1) is 17.2 Å². The second-order valence-corrected chi connectivity index (χ2v) is 4.86. The zero-order valence-electron chi connectivity index (χ0n) is 8.89. The van der Waals surface area contributed by atoms with Gasteiger partial charge in [0, 0.05) is 19.4 Å². The lowest BCUT2D eigenvalue weighted by Gasteiger charge is -2.31. The third kappa shape index (κ3) is 1.42. The van der Waals surface area contributed by atoms with Crippen LogP contribution in [0.2, 0.25) is 0 Å². The fourth-order valence-corrected chi connectivity index (χ4v) is 2.11. The molecule has 0 aromatic carbocycles. The second-order valence-electron chi connectivity index (χ2n) is 4.86. The average molecular weight is 216 g/mol. The van der Waals surface area contributed by atoms with Crippen LogP contribution in [-0.4, -0.2) is 20.8 Å². The van der Waals surface area contributed by atoms with Gasteiger partial charge in [-0.1, -0.05) is 5.21 Å². The first kappa shape index (κ1) is 9.52. The van der Waals surface area contributed by atoms with Gasteiger partial charge in [0.15, 0.2) is 0 Å². The fourth-order valence-electron chi connectivity index (χ4n) is 2.11. The van der Waals surface area contributed by atoms with Crippen molar-refractivity contribution >= 4 is 5.78 Å². The Morgan fingerprint density at radius 1 is 1.56 bits per heavy atom. The van der Waals surface area contributed by atoms with Gasteiger partial charge in [-0.25, -0.2) is 0 Å². The summed E-state index contributed by atoms with van der Waals surface area (Å²) < 4.78 is 1.80. The molecule has 0 unspecified atom stereocenters. The van der Waals surface area contributed by atoms with Gasteiger partial charge in [-0.2, -0.15) is 5.26 Å². The molecule has 2 aliphatic carbocycles. The van der Waals surface area contributed by atoms with Crippen molar-refractivity contribution in [3.63, 3.8) is 0 Å². The highest BCUT2D eigenvalue weighted by Crippen LogP contribution is 2.39. The van der Waals surface area contributed by atoms with Crippen molar-refractivity contribution in [2.75, 3.05) is 0 Å². The standard InChI is InChI=1S/C11H12N4O/c12-7-11(3-9(16)4-11)10-6-15(14-13-10)5-8-1-2-8/h6,8H,1-5H2. The van der Waals surface area contributed by atoms with E-state index in [-0.39, 0.29) is 5.78 Å². The van der Waals surface area contributed by atoms with Gasteiger partial charge in [0.1, 0.15) is 16.9 Å². The third-order valence-corrected chi connectivity index (χ3v) is 3.38. The van der Waals surface area contributed by atoms with Gasteiger partial charge in [0.25, 0.3) is 0 Å². The monoisotopic (exact) mass is 216 g/mol. The topological polar surface area (TPSA) is 71.6 Å². The summed E-state index contributed by atoms with van der Waals surface area (Å²) in [6.45, 7) is 0.891. The molecule has 5 nitrogen and oxygen atoms in total. The van der Waals surface area contributed by atoms with Gasteiger partial charge in [-0.05, 0) is 18.8 Å². The molecule has 1 aromatic heterocycles. The van der Waals surface area contributed by atoms with Crippen LogP contribution in [0.3, 0.4) is 0 Å². The van der Waals surface area contributed by atoms with E-state index in [1.54, 1.807) is 4.68 Å². The second kappa shape index (κ2) is 3.14. The van der Waals surface area contributed by atoms with Crippen LogP contribution in [0.1, 0.15) is 31.4 Å². The molecule has 3 rings (SSSR count). The van der Waals surface area contributed by atoms with Gasteiger partial charge >= 0.3 is 0 Å². The van der Waals surface area contributed by atoms with Crippen LogP contribution >= 0.6 is 0 Å². The van der Waals surface area contributed by atoms with E-state index >= 15 is 0 Å². The van der Waals surface area contributed by atoms with Crippen molar-refractivity contribution in [1.29, 1.82) is 5.26 Å². The predicted molar refractivity (Wildman–Crippen MR) is 54.3 cm³/mol. The number of hydrogen-bond acceptors (Lipinski definition) is 4. The number of nitriles is 1. The molecule has 16 heavy (non-hydrogen) atoms. The predicted octanol–water partition coefficient (Wildman–Crippen LogP) is 0.812. The molecule has 0 atom stereocenters. The molecule has 82 valence electrons. The first-order chi connectivity index (χ1) is 7.72. The Morgan fingerprint density at radius 2 is 2.31 bits per heavy atom. The summed E-state index contributed by atoms with van der Waals surface area (Å²) in [7, 11) is 0. The number of Topliss-reactive ketones (excluding diaryl/α,β-unsaturated/α-hetero) is 1. The Labute approximate surface area is 93.1 Å². The summed E-state index contributed by atoms with van der Waals surface area (Å²) in [5, 5.41) is 17.2. The summed E-state index contributed by atoms with van der Waals surface area (Å²) in [6.07, 6.45) is 4.94. The fraction of sp³-hybridized carbons (Fsp3) is 0.636. The summed E-state index contributed by atoms with van der Waals surface area (Å²) in [5.74, 6) is 0.869. The number of carbonyl (C=O) groups excluding carboxylic acids is 1. The van der Waals surface area contributed by atoms with Gasteiger partial charge in [0.2, 0.25) is 0 Å². The van der Waals surface area contributed by atoms with E-state index in [1.807, 2.05) is 6.20 Å². The van der Waals surface area contributed by atoms with Crippen LogP contribution in [0.4, 0.5) is 0 Å². The van der Waals surface area contributed by atoms with Crippen molar-refractivity contribution in [2.24, 2.45) is 5.92 Å². The number of aromatic nitrogens is 3. The first-order valence-electron chi connectivity index (χ1n) is 5.55. The lowest BCUT2D eigenvalue weighted by molar-refractivity contribution is -0.126. The maximum atomic E-state index is 11.0. The van der Waals surface area contributed by atoms with Crippen LogP contribution in [0.15, 0.2) is 6.20 Å². The Kier molecular flexibility index (Phi) is 1.87. The van der Waals surface area contributed by atoms with E-state index in [9.17, 15) is 4.79 Å². The lowest BCUT2D eigenvalue weighted by atomic mass is 9.67. The Morgan fingerprint density at radius 3 is 2.88 bits per heavy atom. The highest BCUT2D eigenvalue weighted by molar-refractivity contribution is 5.89. The number of carbonyl (C=O) groups is 1. The minimum Gasteiger partial charge on any atom is -0.300 e. The molecular formula is C11H12N4O.